The fraction of sp³-hybridized carbons (Fsp3) is 0.348. The maximum Gasteiger partial charge on any atom is 0.185 e. The molecule has 2 saturated heterocycles. The standard InChI is InChI=1S/C23H24N2O3S2/c26-20(2-1-9-25-10-12-28-13-11-25)16-3-5-17(6-4-16)22-8-7-18(30-22)14-19-21(27)15-23(29)24-19/h3-8,14H,1-2,9-13,15H2,(H,24,29)/b19-14+. The highest BCUT2D eigenvalue weighted by Crippen LogP contribution is 2.30. The third-order valence-corrected chi connectivity index (χ3v) is 6.61. The summed E-state index contributed by atoms with van der Waals surface area (Å²) in [6.07, 6.45) is 3.58. The number of carbonyl (C=O) groups excluding carboxylic acids is 2. The number of thiophene rings is 1. The van der Waals surface area contributed by atoms with Crippen LogP contribution >= 0.6 is 23.6 Å². The van der Waals surface area contributed by atoms with Gasteiger partial charge in [-0.3, -0.25) is 14.5 Å². The van der Waals surface area contributed by atoms with Crippen molar-refractivity contribution in [1.29, 1.82) is 0 Å². The van der Waals surface area contributed by atoms with Crippen LogP contribution in [0.1, 0.15) is 34.5 Å². The molecule has 156 valence electrons. The van der Waals surface area contributed by atoms with Crippen LogP contribution in [-0.4, -0.2) is 54.3 Å². The molecule has 0 atom stereocenters. The van der Waals surface area contributed by atoms with E-state index in [1.165, 1.54) is 0 Å². The maximum absolute atomic E-state index is 12.5. The molecule has 0 saturated carbocycles. The number of nitrogens with zero attached hydrogens (tertiary/aromatic N) is 1. The number of morpholine rings is 1. The number of carbonyl (C=O) groups is 2. The van der Waals surface area contributed by atoms with Crippen LogP contribution in [0.25, 0.3) is 16.5 Å². The van der Waals surface area contributed by atoms with Gasteiger partial charge in [0.25, 0.3) is 0 Å². The quantitative estimate of drug-likeness (QED) is 0.400. The van der Waals surface area contributed by atoms with Gasteiger partial charge >= 0.3 is 0 Å². The molecule has 0 unspecified atom stereocenters. The fourth-order valence-corrected chi connectivity index (χ4v) is 4.80. The molecular formula is C23H24N2O3S2. The Bertz CT molecular complexity index is 973. The molecule has 0 radical (unpaired) electrons. The Labute approximate surface area is 185 Å². The summed E-state index contributed by atoms with van der Waals surface area (Å²) in [5, 5.41) is 2.96. The molecule has 5 nitrogen and oxygen atoms in total. The predicted octanol–water partition coefficient (Wildman–Crippen LogP) is 3.94. The molecule has 2 aliphatic rings. The van der Waals surface area contributed by atoms with Gasteiger partial charge in [0, 0.05) is 34.8 Å². The Balaban J connectivity index is 1.33. The highest BCUT2D eigenvalue weighted by molar-refractivity contribution is 7.80. The number of thiocarbonyl (C=S) groups is 1. The van der Waals surface area contributed by atoms with E-state index in [0.29, 0.717) is 23.5 Å². The molecule has 0 spiro atoms. The number of rotatable bonds is 7. The number of ether oxygens (including phenoxy) is 1. The first kappa shape index (κ1) is 21.1. The first-order chi connectivity index (χ1) is 14.6. The highest BCUT2D eigenvalue weighted by Gasteiger charge is 2.21. The number of Topliss-reactive ketones (excluding diaryl/α,β-unsaturated/α-hetero) is 2. The van der Waals surface area contributed by atoms with Crippen molar-refractivity contribution in [2.75, 3.05) is 32.8 Å². The van der Waals surface area contributed by atoms with Gasteiger partial charge in [0.15, 0.2) is 11.6 Å². The zero-order valence-corrected chi connectivity index (χ0v) is 18.3. The molecular weight excluding hydrogens is 416 g/mol. The molecule has 2 aromatic rings. The lowest BCUT2D eigenvalue weighted by atomic mass is 10.0. The van der Waals surface area contributed by atoms with E-state index in [9.17, 15) is 9.59 Å². The van der Waals surface area contributed by atoms with E-state index in [2.05, 4.69) is 10.2 Å². The van der Waals surface area contributed by atoms with Crippen molar-refractivity contribution in [2.24, 2.45) is 0 Å². The van der Waals surface area contributed by atoms with Crippen molar-refractivity contribution in [1.82, 2.24) is 10.2 Å². The van der Waals surface area contributed by atoms with Gasteiger partial charge in [-0.25, -0.2) is 0 Å². The van der Waals surface area contributed by atoms with E-state index in [1.54, 1.807) is 11.3 Å². The van der Waals surface area contributed by atoms with Crippen LogP contribution in [0.4, 0.5) is 0 Å². The van der Waals surface area contributed by atoms with Gasteiger partial charge in [0.2, 0.25) is 0 Å². The van der Waals surface area contributed by atoms with Gasteiger partial charge in [0.1, 0.15) is 0 Å². The second kappa shape index (κ2) is 9.75. The van der Waals surface area contributed by atoms with Crippen LogP contribution in [0.15, 0.2) is 42.1 Å². The lowest BCUT2D eigenvalue weighted by molar-refractivity contribution is -0.114. The van der Waals surface area contributed by atoms with Crippen molar-refractivity contribution in [2.45, 2.75) is 19.3 Å². The molecule has 30 heavy (non-hydrogen) atoms. The van der Waals surface area contributed by atoms with Crippen LogP contribution in [0.5, 0.6) is 0 Å². The van der Waals surface area contributed by atoms with Gasteiger partial charge in [-0.1, -0.05) is 36.5 Å². The minimum absolute atomic E-state index is 0.0337. The Morgan fingerprint density at radius 3 is 2.63 bits per heavy atom. The highest BCUT2D eigenvalue weighted by atomic mass is 32.1. The van der Waals surface area contributed by atoms with E-state index < -0.39 is 0 Å². The molecule has 0 bridgehead atoms. The van der Waals surface area contributed by atoms with Crippen molar-refractivity contribution in [3.8, 4) is 10.4 Å². The summed E-state index contributed by atoms with van der Waals surface area (Å²) in [6.45, 7) is 4.44. The summed E-state index contributed by atoms with van der Waals surface area (Å²) in [5.41, 5.74) is 2.39. The van der Waals surface area contributed by atoms with Crippen LogP contribution in [-0.2, 0) is 9.53 Å². The number of allylic oxidation sites excluding steroid dienone is 1. The average molecular weight is 441 g/mol. The largest absolute Gasteiger partial charge is 0.379 e. The Hall–Kier alpha value is -2.19. The van der Waals surface area contributed by atoms with Gasteiger partial charge < -0.3 is 10.1 Å². The van der Waals surface area contributed by atoms with E-state index >= 15 is 0 Å². The summed E-state index contributed by atoms with van der Waals surface area (Å²) in [6, 6.07) is 11.8. The topological polar surface area (TPSA) is 58.6 Å². The van der Waals surface area contributed by atoms with Crippen LogP contribution in [0.2, 0.25) is 0 Å². The van der Waals surface area contributed by atoms with Gasteiger partial charge in [-0.2, -0.15) is 0 Å². The lowest BCUT2D eigenvalue weighted by Crippen LogP contribution is -2.36. The van der Waals surface area contributed by atoms with E-state index in [0.717, 1.165) is 60.2 Å². The number of nitrogens with one attached hydrogen (secondary N) is 1. The number of ketones is 2. The van der Waals surface area contributed by atoms with E-state index in [1.807, 2.05) is 42.5 Å². The minimum atomic E-state index is 0.0337. The molecule has 2 fully saturated rings. The third-order valence-electron chi connectivity index (χ3n) is 5.28. The number of benzene rings is 1. The summed E-state index contributed by atoms with van der Waals surface area (Å²) in [5.74, 6) is 0.222. The molecule has 2 aliphatic heterocycles. The second-order valence-electron chi connectivity index (χ2n) is 7.47. The Morgan fingerprint density at radius 1 is 1.17 bits per heavy atom. The molecule has 0 amide bonds. The molecule has 7 heteroatoms. The molecule has 1 aromatic heterocycles. The van der Waals surface area contributed by atoms with Gasteiger partial charge in [-0.05, 0) is 36.7 Å². The Kier molecular flexibility index (Phi) is 6.84. The summed E-state index contributed by atoms with van der Waals surface area (Å²) < 4.78 is 5.35. The first-order valence-corrected chi connectivity index (χ1v) is 11.4. The Morgan fingerprint density at radius 2 is 1.93 bits per heavy atom. The van der Waals surface area contributed by atoms with Crippen molar-refractivity contribution in [3.63, 3.8) is 0 Å². The summed E-state index contributed by atoms with van der Waals surface area (Å²) in [7, 11) is 0. The van der Waals surface area contributed by atoms with Crippen LogP contribution in [0.3, 0.4) is 0 Å². The normalized spacial score (nSPS) is 18.7. The minimum Gasteiger partial charge on any atom is -0.379 e. The smallest absolute Gasteiger partial charge is 0.185 e. The van der Waals surface area contributed by atoms with Crippen LogP contribution in [0, 0.1) is 0 Å². The fourth-order valence-electron chi connectivity index (χ4n) is 3.60. The maximum atomic E-state index is 12.5. The molecule has 1 N–H and O–H groups in total. The summed E-state index contributed by atoms with van der Waals surface area (Å²) in [4.78, 5) is 29.4. The van der Waals surface area contributed by atoms with Gasteiger partial charge in [-0.15, -0.1) is 11.3 Å². The van der Waals surface area contributed by atoms with Crippen molar-refractivity contribution < 1.29 is 14.3 Å². The lowest BCUT2D eigenvalue weighted by Gasteiger charge is -2.26. The van der Waals surface area contributed by atoms with Crippen molar-refractivity contribution in [3.05, 3.63) is 52.5 Å². The molecule has 3 heterocycles. The molecule has 4 rings (SSSR count). The summed E-state index contributed by atoms with van der Waals surface area (Å²) >= 11 is 6.67. The van der Waals surface area contributed by atoms with Gasteiger partial charge in [0.05, 0.1) is 30.3 Å². The molecule has 1 aromatic carbocycles. The third kappa shape index (κ3) is 5.29. The zero-order valence-electron chi connectivity index (χ0n) is 16.7. The average Bonchev–Trinajstić information content (AvgIpc) is 3.35. The zero-order chi connectivity index (χ0) is 20.9. The second-order valence-corrected chi connectivity index (χ2v) is 9.07. The van der Waals surface area contributed by atoms with E-state index in [-0.39, 0.29) is 11.6 Å². The number of hydrogen-bond acceptors (Lipinski definition) is 6. The van der Waals surface area contributed by atoms with Crippen molar-refractivity contribution >= 4 is 46.2 Å². The predicted molar refractivity (Wildman–Crippen MR) is 124 cm³/mol. The molecule has 0 aliphatic carbocycles. The first-order valence-electron chi connectivity index (χ1n) is 10.2. The number of hydrogen-bond donors (Lipinski definition) is 1. The van der Waals surface area contributed by atoms with Crippen LogP contribution < -0.4 is 5.32 Å². The van der Waals surface area contributed by atoms with E-state index in [4.69, 9.17) is 17.0 Å². The SMILES string of the molecule is O=C1CC(=S)N/C1=C/c1ccc(-c2ccc(C(=O)CCCN3CCOCC3)cc2)s1. The monoisotopic (exact) mass is 440 g/mol.